The molecule has 2 N–H and O–H groups in total. The maximum absolute atomic E-state index is 12.3. The van der Waals surface area contributed by atoms with Gasteiger partial charge >= 0.3 is 12.1 Å². The van der Waals surface area contributed by atoms with Crippen molar-refractivity contribution in [2.24, 2.45) is 11.3 Å². The Morgan fingerprint density at radius 2 is 1.71 bits per heavy atom. The lowest BCUT2D eigenvalue weighted by molar-refractivity contribution is -0.149. The van der Waals surface area contributed by atoms with E-state index in [0.29, 0.717) is 6.54 Å². The predicted octanol–water partition coefficient (Wildman–Crippen LogP) is 3.11. The Kier molecular flexibility index (Phi) is 6.88. The number of benzene rings is 2. The number of ether oxygens (including phenoxy) is 2. The topological polar surface area (TPSA) is 105 Å². The van der Waals surface area contributed by atoms with Crippen molar-refractivity contribution >= 4 is 18.0 Å². The van der Waals surface area contributed by atoms with E-state index in [9.17, 15) is 19.5 Å². The number of alkyl carbamates (subject to hydrolysis) is 1. The monoisotopic (exact) mass is 466 g/mol. The third kappa shape index (κ3) is 4.63. The van der Waals surface area contributed by atoms with Crippen LogP contribution >= 0.6 is 0 Å². The second kappa shape index (κ2) is 9.85. The summed E-state index contributed by atoms with van der Waals surface area (Å²) in [5.41, 5.74) is 3.69. The number of fused-ring (bicyclic) bond motifs is 3. The van der Waals surface area contributed by atoms with Crippen LogP contribution in [0.25, 0.3) is 11.1 Å². The van der Waals surface area contributed by atoms with Crippen LogP contribution in [0.5, 0.6) is 0 Å². The van der Waals surface area contributed by atoms with Crippen molar-refractivity contribution in [2.75, 3.05) is 39.5 Å². The van der Waals surface area contributed by atoms with Gasteiger partial charge in [0, 0.05) is 25.6 Å². The SMILES string of the molecule is C[C@@H]1CN(C(=O)COCCNC(=O)OCC2c3ccccc3-c3ccccc32)C[C@@]1(C)C(=O)O. The van der Waals surface area contributed by atoms with Crippen LogP contribution < -0.4 is 5.32 Å². The Bertz CT molecular complexity index is 1040. The molecule has 1 aliphatic heterocycles. The molecule has 1 heterocycles. The molecule has 1 saturated heterocycles. The molecule has 0 spiro atoms. The summed E-state index contributed by atoms with van der Waals surface area (Å²) in [6.07, 6.45) is -0.539. The average molecular weight is 467 g/mol. The van der Waals surface area contributed by atoms with E-state index >= 15 is 0 Å². The molecule has 180 valence electrons. The Morgan fingerprint density at radius 1 is 1.09 bits per heavy atom. The first kappa shape index (κ1) is 23.8. The summed E-state index contributed by atoms with van der Waals surface area (Å²) in [5.74, 6) is -1.29. The van der Waals surface area contributed by atoms with Crippen LogP contribution in [0.15, 0.2) is 48.5 Å². The normalized spacial score (nSPS) is 21.1. The predicted molar refractivity (Wildman–Crippen MR) is 125 cm³/mol. The third-order valence-electron chi connectivity index (χ3n) is 7.03. The zero-order chi connectivity index (χ0) is 24.3. The Morgan fingerprint density at radius 3 is 2.29 bits per heavy atom. The van der Waals surface area contributed by atoms with Gasteiger partial charge in [0.1, 0.15) is 13.2 Å². The highest BCUT2D eigenvalue weighted by atomic mass is 16.5. The molecule has 1 aliphatic carbocycles. The zero-order valence-electron chi connectivity index (χ0n) is 19.5. The van der Waals surface area contributed by atoms with Crippen LogP contribution in [-0.4, -0.2) is 67.4 Å². The molecule has 0 aromatic heterocycles. The minimum absolute atomic E-state index is 0.00800. The zero-order valence-corrected chi connectivity index (χ0v) is 19.5. The molecular formula is C26H30N2O6. The number of carbonyl (C=O) groups is 3. The molecule has 8 nitrogen and oxygen atoms in total. The van der Waals surface area contributed by atoms with E-state index in [-0.39, 0.29) is 50.7 Å². The summed E-state index contributed by atoms with van der Waals surface area (Å²) in [4.78, 5) is 37.6. The van der Waals surface area contributed by atoms with Crippen LogP contribution in [0.3, 0.4) is 0 Å². The second-order valence-electron chi connectivity index (χ2n) is 9.20. The molecular weight excluding hydrogens is 436 g/mol. The third-order valence-corrected chi connectivity index (χ3v) is 7.03. The number of rotatable bonds is 8. The van der Waals surface area contributed by atoms with E-state index in [4.69, 9.17) is 9.47 Å². The van der Waals surface area contributed by atoms with Gasteiger partial charge in [-0.25, -0.2) is 4.79 Å². The molecule has 2 amide bonds. The Labute approximate surface area is 198 Å². The highest BCUT2D eigenvalue weighted by Crippen LogP contribution is 2.44. The molecule has 2 atom stereocenters. The number of carboxylic acids is 1. The molecule has 0 radical (unpaired) electrons. The van der Waals surface area contributed by atoms with E-state index < -0.39 is 17.5 Å². The fourth-order valence-electron chi connectivity index (χ4n) is 4.74. The van der Waals surface area contributed by atoms with E-state index in [2.05, 4.69) is 29.6 Å². The first-order chi connectivity index (χ1) is 16.3. The van der Waals surface area contributed by atoms with Gasteiger partial charge in [-0.3, -0.25) is 9.59 Å². The number of amides is 2. The standard InChI is InChI=1S/C26H30N2O6/c1-17-13-28(16-26(17,2)24(30)31)23(29)15-33-12-11-27-25(32)34-14-22-20-9-5-3-7-18(20)19-8-4-6-10-21(19)22/h3-10,17,22H,11-16H2,1-2H3,(H,27,32)(H,30,31)/t17-,26-/m1/s1. The van der Waals surface area contributed by atoms with Gasteiger partial charge in [0.15, 0.2) is 0 Å². The van der Waals surface area contributed by atoms with Gasteiger partial charge in [-0.1, -0.05) is 55.5 Å². The molecule has 4 rings (SSSR count). The molecule has 8 heteroatoms. The molecule has 2 aromatic rings. The smallest absolute Gasteiger partial charge is 0.407 e. The molecule has 34 heavy (non-hydrogen) atoms. The Hall–Kier alpha value is -3.39. The van der Waals surface area contributed by atoms with Gasteiger partial charge in [-0.05, 0) is 35.1 Å². The summed E-state index contributed by atoms with van der Waals surface area (Å²) >= 11 is 0. The van der Waals surface area contributed by atoms with Crippen LogP contribution in [0.2, 0.25) is 0 Å². The first-order valence-corrected chi connectivity index (χ1v) is 11.5. The second-order valence-corrected chi connectivity index (χ2v) is 9.20. The number of hydrogen-bond donors (Lipinski definition) is 2. The van der Waals surface area contributed by atoms with Crippen molar-refractivity contribution in [1.29, 1.82) is 0 Å². The number of nitrogens with one attached hydrogen (secondary N) is 1. The summed E-state index contributed by atoms with van der Waals surface area (Å²) < 4.78 is 10.9. The fraction of sp³-hybridized carbons (Fsp3) is 0.423. The molecule has 1 fully saturated rings. The lowest BCUT2D eigenvalue weighted by atomic mass is 9.81. The minimum atomic E-state index is -0.943. The number of carboxylic acid groups (broad SMARTS) is 1. The summed E-state index contributed by atoms with van der Waals surface area (Å²) in [7, 11) is 0. The van der Waals surface area contributed by atoms with Crippen molar-refractivity contribution in [3.63, 3.8) is 0 Å². The number of carbonyl (C=O) groups excluding carboxylic acids is 2. The van der Waals surface area contributed by atoms with Crippen molar-refractivity contribution in [3.05, 3.63) is 59.7 Å². The van der Waals surface area contributed by atoms with Gasteiger partial charge in [-0.15, -0.1) is 0 Å². The summed E-state index contributed by atoms with van der Waals surface area (Å²) in [6.45, 7) is 4.48. The van der Waals surface area contributed by atoms with E-state index in [1.807, 2.05) is 31.2 Å². The maximum atomic E-state index is 12.3. The van der Waals surface area contributed by atoms with Gasteiger partial charge < -0.3 is 24.8 Å². The lowest BCUT2D eigenvalue weighted by Gasteiger charge is -2.22. The highest BCUT2D eigenvalue weighted by Gasteiger charge is 2.47. The molecule has 2 aromatic carbocycles. The van der Waals surface area contributed by atoms with Gasteiger partial charge in [0.25, 0.3) is 0 Å². The van der Waals surface area contributed by atoms with E-state index in [0.717, 1.165) is 11.1 Å². The van der Waals surface area contributed by atoms with Crippen molar-refractivity contribution in [2.45, 2.75) is 19.8 Å². The fourth-order valence-corrected chi connectivity index (χ4v) is 4.74. The number of likely N-dealkylation sites (tertiary alicyclic amines) is 1. The molecule has 0 bridgehead atoms. The summed E-state index contributed by atoms with van der Waals surface area (Å²) in [6, 6.07) is 16.3. The van der Waals surface area contributed by atoms with Crippen molar-refractivity contribution in [3.8, 4) is 11.1 Å². The van der Waals surface area contributed by atoms with E-state index in [1.165, 1.54) is 16.0 Å². The van der Waals surface area contributed by atoms with E-state index in [1.54, 1.807) is 6.92 Å². The van der Waals surface area contributed by atoms with Crippen molar-refractivity contribution < 1.29 is 29.0 Å². The minimum Gasteiger partial charge on any atom is -0.481 e. The molecule has 0 saturated carbocycles. The van der Waals surface area contributed by atoms with Crippen LogP contribution in [0.1, 0.15) is 30.9 Å². The van der Waals surface area contributed by atoms with Crippen molar-refractivity contribution in [1.82, 2.24) is 10.2 Å². The van der Waals surface area contributed by atoms with Gasteiger partial charge in [0.2, 0.25) is 5.91 Å². The molecule has 0 unspecified atom stereocenters. The van der Waals surface area contributed by atoms with Crippen LogP contribution in [0, 0.1) is 11.3 Å². The lowest BCUT2D eigenvalue weighted by Crippen LogP contribution is -2.38. The van der Waals surface area contributed by atoms with Gasteiger partial charge in [0.05, 0.1) is 12.0 Å². The average Bonchev–Trinajstić information content (AvgIpc) is 3.32. The summed E-state index contributed by atoms with van der Waals surface area (Å²) in [5, 5.41) is 12.1. The van der Waals surface area contributed by atoms with Gasteiger partial charge in [-0.2, -0.15) is 0 Å². The number of hydrogen-bond acceptors (Lipinski definition) is 5. The maximum Gasteiger partial charge on any atom is 0.407 e. The highest BCUT2D eigenvalue weighted by molar-refractivity contribution is 5.81. The number of nitrogens with zero attached hydrogens (tertiary/aromatic N) is 1. The first-order valence-electron chi connectivity index (χ1n) is 11.5. The quantitative estimate of drug-likeness (QED) is 0.579. The Balaban J connectivity index is 1.18. The number of aliphatic carboxylic acids is 1. The van der Waals surface area contributed by atoms with Crippen LogP contribution in [-0.2, 0) is 19.1 Å². The van der Waals surface area contributed by atoms with Crippen LogP contribution in [0.4, 0.5) is 4.79 Å². The molecule has 2 aliphatic rings. The largest absolute Gasteiger partial charge is 0.481 e.